The molecule has 0 saturated heterocycles. The zero-order valence-electron chi connectivity index (χ0n) is 8.50. The van der Waals surface area contributed by atoms with Gasteiger partial charge in [-0.15, -0.1) is 13.2 Å². The number of carboxylic acids is 1. The quantitative estimate of drug-likeness (QED) is 0.818. The molecule has 0 amide bonds. The number of aromatic carboxylic acids is 1. The fourth-order valence-corrected chi connectivity index (χ4v) is 1.12. The molecule has 2 N–H and O–H groups in total. The third-order valence-corrected chi connectivity index (χ3v) is 1.72. The number of pyridine rings is 1. The first-order valence-corrected chi connectivity index (χ1v) is 4.21. The van der Waals surface area contributed by atoms with Crippen LogP contribution < -0.4 is 4.74 Å². The van der Waals surface area contributed by atoms with Crippen molar-refractivity contribution >= 4 is 5.97 Å². The van der Waals surface area contributed by atoms with E-state index in [-0.39, 0.29) is 6.20 Å². The van der Waals surface area contributed by atoms with E-state index in [0.29, 0.717) is 0 Å². The molecule has 0 spiro atoms. The van der Waals surface area contributed by atoms with Crippen LogP contribution in [0.15, 0.2) is 6.20 Å². The first kappa shape index (κ1) is 14.9. The normalized spacial score (nSPS) is 12.3. The van der Waals surface area contributed by atoms with Crippen molar-refractivity contribution in [2.24, 2.45) is 0 Å². The Morgan fingerprint density at radius 3 is 2.11 bits per heavy atom. The molecule has 0 aromatic carbocycles. The largest absolute Gasteiger partial charge is 0.573 e. The standard InChI is InChI=1S/C8H3F6NO4/c9-7(10,11)3-2(16)1-15-4(6(17)18)5(3)19-8(12,13)14/h1,16H,(H,17,18). The Balaban J connectivity index is 3.60. The smallest absolute Gasteiger partial charge is 0.506 e. The van der Waals surface area contributed by atoms with E-state index in [9.17, 15) is 31.1 Å². The highest BCUT2D eigenvalue weighted by atomic mass is 19.4. The maximum atomic E-state index is 12.5. The maximum Gasteiger partial charge on any atom is 0.573 e. The van der Waals surface area contributed by atoms with Gasteiger partial charge in [0, 0.05) is 0 Å². The van der Waals surface area contributed by atoms with Gasteiger partial charge >= 0.3 is 18.5 Å². The number of ether oxygens (including phenoxy) is 1. The molecular weight excluding hydrogens is 288 g/mol. The van der Waals surface area contributed by atoms with E-state index in [1.165, 1.54) is 0 Å². The lowest BCUT2D eigenvalue weighted by Gasteiger charge is -2.17. The van der Waals surface area contributed by atoms with Crippen molar-refractivity contribution in [3.63, 3.8) is 0 Å². The lowest BCUT2D eigenvalue weighted by atomic mass is 10.1. The summed E-state index contributed by atoms with van der Waals surface area (Å²) >= 11 is 0. The van der Waals surface area contributed by atoms with Gasteiger partial charge in [-0.1, -0.05) is 0 Å². The molecule has 0 radical (unpaired) electrons. The predicted molar refractivity (Wildman–Crippen MR) is 44.5 cm³/mol. The van der Waals surface area contributed by atoms with Crippen molar-refractivity contribution in [3.8, 4) is 11.5 Å². The molecule has 1 aromatic rings. The van der Waals surface area contributed by atoms with Gasteiger partial charge in [0.15, 0.2) is 11.4 Å². The molecule has 0 aliphatic carbocycles. The first-order valence-electron chi connectivity index (χ1n) is 4.21. The summed E-state index contributed by atoms with van der Waals surface area (Å²) in [5.41, 5.74) is -3.89. The highest BCUT2D eigenvalue weighted by molar-refractivity contribution is 5.89. The summed E-state index contributed by atoms with van der Waals surface area (Å²) in [6.07, 6.45) is -11.0. The Morgan fingerprint density at radius 1 is 1.21 bits per heavy atom. The van der Waals surface area contributed by atoms with Gasteiger partial charge in [0.2, 0.25) is 0 Å². The number of hydrogen-bond acceptors (Lipinski definition) is 4. The van der Waals surface area contributed by atoms with Gasteiger partial charge in [-0.25, -0.2) is 9.78 Å². The van der Waals surface area contributed by atoms with Crippen LogP contribution in [-0.4, -0.2) is 27.5 Å². The van der Waals surface area contributed by atoms with Gasteiger partial charge in [0.25, 0.3) is 0 Å². The summed E-state index contributed by atoms with van der Waals surface area (Å²) in [5, 5.41) is 17.4. The van der Waals surface area contributed by atoms with E-state index in [4.69, 9.17) is 10.2 Å². The number of aromatic hydroxyl groups is 1. The van der Waals surface area contributed by atoms with Crippen LogP contribution in [-0.2, 0) is 6.18 Å². The Morgan fingerprint density at radius 2 is 1.74 bits per heavy atom. The number of hydrogen-bond donors (Lipinski definition) is 2. The highest BCUT2D eigenvalue weighted by Crippen LogP contribution is 2.44. The van der Waals surface area contributed by atoms with Crippen molar-refractivity contribution in [3.05, 3.63) is 17.5 Å². The molecule has 1 rings (SSSR count). The average molecular weight is 291 g/mol. The van der Waals surface area contributed by atoms with E-state index in [1.807, 2.05) is 0 Å². The minimum atomic E-state index is -5.58. The zero-order valence-corrected chi connectivity index (χ0v) is 8.50. The molecule has 0 fully saturated rings. The van der Waals surface area contributed by atoms with E-state index in [2.05, 4.69) is 9.72 Å². The number of halogens is 6. The number of aromatic nitrogens is 1. The van der Waals surface area contributed by atoms with Crippen LogP contribution in [0, 0.1) is 0 Å². The van der Waals surface area contributed by atoms with Crippen molar-refractivity contribution in [1.82, 2.24) is 4.98 Å². The SMILES string of the molecule is O=C(O)c1ncc(O)c(C(F)(F)F)c1OC(F)(F)F. The summed E-state index contributed by atoms with van der Waals surface area (Å²) in [6, 6.07) is 0. The van der Waals surface area contributed by atoms with Crippen LogP contribution in [0.1, 0.15) is 16.1 Å². The first-order chi connectivity index (χ1) is 8.43. The second-order valence-electron chi connectivity index (χ2n) is 3.05. The van der Waals surface area contributed by atoms with Gasteiger partial charge in [-0.05, 0) is 0 Å². The summed E-state index contributed by atoms with van der Waals surface area (Å²) in [5.74, 6) is -5.98. The molecule has 0 aliphatic heterocycles. The van der Waals surface area contributed by atoms with E-state index in [0.717, 1.165) is 0 Å². The van der Waals surface area contributed by atoms with E-state index >= 15 is 0 Å². The topological polar surface area (TPSA) is 79.7 Å². The molecular formula is C8H3F6NO4. The van der Waals surface area contributed by atoms with Crippen molar-refractivity contribution in [2.45, 2.75) is 12.5 Å². The Bertz CT molecular complexity index is 509. The average Bonchev–Trinajstić information content (AvgIpc) is 2.11. The number of carboxylic acid groups (broad SMARTS) is 1. The number of alkyl halides is 6. The van der Waals surface area contributed by atoms with Gasteiger partial charge in [0.05, 0.1) is 6.20 Å². The van der Waals surface area contributed by atoms with Crippen LogP contribution in [0.5, 0.6) is 11.5 Å². The molecule has 1 heterocycles. The van der Waals surface area contributed by atoms with E-state index in [1.54, 1.807) is 0 Å². The monoisotopic (exact) mass is 291 g/mol. The molecule has 0 bridgehead atoms. The second kappa shape index (κ2) is 4.48. The molecule has 0 aliphatic rings. The Hall–Kier alpha value is -2.20. The predicted octanol–water partition coefficient (Wildman–Crippen LogP) is 2.40. The third-order valence-electron chi connectivity index (χ3n) is 1.72. The van der Waals surface area contributed by atoms with Crippen LogP contribution in [0.2, 0.25) is 0 Å². The Labute approximate surface area is 99.6 Å². The maximum absolute atomic E-state index is 12.5. The fourth-order valence-electron chi connectivity index (χ4n) is 1.12. The molecule has 0 atom stereocenters. The van der Waals surface area contributed by atoms with Crippen molar-refractivity contribution in [2.75, 3.05) is 0 Å². The second-order valence-corrected chi connectivity index (χ2v) is 3.05. The summed E-state index contributed by atoms with van der Waals surface area (Å²) in [4.78, 5) is 13.3. The van der Waals surface area contributed by atoms with Crippen molar-refractivity contribution in [1.29, 1.82) is 0 Å². The molecule has 19 heavy (non-hydrogen) atoms. The van der Waals surface area contributed by atoms with Gasteiger partial charge in [-0.3, -0.25) is 0 Å². The van der Waals surface area contributed by atoms with E-state index < -0.39 is 41.3 Å². The summed E-state index contributed by atoms with van der Waals surface area (Å²) in [7, 11) is 0. The number of carbonyl (C=O) groups is 1. The molecule has 1 aromatic heterocycles. The molecule has 0 unspecified atom stereocenters. The molecule has 11 heteroatoms. The summed E-state index contributed by atoms with van der Waals surface area (Å²) in [6.45, 7) is 0. The van der Waals surface area contributed by atoms with Crippen LogP contribution >= 0.6 is 0 Å². The zero-order chi connectivity index (χ0) is 15.0. The molecule has 0 saturated carbocycles. The van der Waals surface area contributed by atoms with Crippen LogP contribution in [0.25, 0.3) is 0 Å². The Kier molecular flexibility index (Phi) is 3.50. The van der Waals surface area contributed by atoms with Crippen molar-refractivity contribution < 1.29 is 46.1 Å². The highest BCUT2D eigenvalue weighted by Gasteiger charge is 2.44. The third kappa shape index (κ3) is 3.39. The molecule has 106 valence electrons. The van der Waals surface area contributed by atoms with Gasteiger partial charge < -0.3 is 14.9 Å². The lowest BCUT2D eigenvalue weighted by molar-refractivity contribution is -0.276. The van der Waals surface area contributed by atoms with Gasteiger partial charge in [-0.2, -0.15) is 13.2 Å². The minimum absolute atomic E-state index is 0.0650. The number of nitrogens with zero attached hydrogens (tertiary/aromatic N) is 1. The minimum Gasteiger partial charge on any atom is -0.506 e. The lowest BCUT2D eigenvalue weighted by Crippen LogP contribution is -2.23. The van der Waals surface area contributed by atoms with Gasteiger partial charge in [0.1, 0.15) is 11.3 Å². The van der Waals surface area contributed by atoms with Crippen LogP contribution in [0.4, 0.5) is 26.3 Å². The molecule has 5 nitrogen and oxygen atoms in total. The van der Waals surface area contributed by atoms with Crippen LogP contribution in [0.3, 0.4) is 0 Å². The number of rotatable bonds is 2. The fraction of sp³-hybridized carbons (Fsp3) is 0.250. The summed E-state index contributed by atoms with van der Waals surface area (Å²) < 4.78 is 76.5.